The van der Waals surface area contributed by atoms with Crippen LogP contribution in [0.25, 0.3) is 11.3 Å². The summed E-state index contributed by atoms with van der Waals surface area (Å²) in [6.45, 7) is 0. The van der Waals surface area contributed by atoms with Gasteiger partial charge in [-0.25, -0.2) is 4.39 Å². The number of nitrogens with one attached hydrogen (secondary N) is 1. The number of hydrogen-bond donors (Lipinski definition) is 1. The molecule has 1 N–H and O–H groups in total. The van der Waals surface area contributed by atoms with Gasteiger partial charge in [-0.05, 0) is 30.4 Å². The van der Waals surface area contributed by atoms with E-state index in [1.165, 1.54) is 6.07 Å². The van der Waals surface area contributed by atoms with Gasteiger partial charge in [0.05, 0.1) is 5.69 Å². The Kier molecular flexibility index (Phi) is 4.18. The summed E-state index contributed by atoms with van der Waals surface area (Å²) in [4.78, 5) is 2.92. The number of rotatable bonds is 3. The SMILES string of the molecule is N#Cc1cc(-c2ccccc2F)[nH]c1OC(=S)c1ccccc1. The van der Waals surface area contributed by atoms with Gasteiger partial charge in [-0.2, -0.15) is 5.26 Å². The van der Waals surface area contributed by atoms with Gasteiger partial charge in [-0.15, -0.1) is 0 Å². The van der Waals surface area contributed by atoms with Gasteiger partial charge >= 0.3 is 0 Å². The summed E-state index contributed by atoms with van der Waals surface area (Å²) in [6, 6.07) is 19.1. The van der Waals surface area contributed by atoms with E-state index >= 15 is 0 Å². The second kappa shape index (κ2) is 6.42. The number of benzene rings is 2. The molecule has 0 spiro atoms. The Labute approximate surface area is 138 Å². The lowest BCUT2D eigenvalue weighted by Gasteiger charge is -2.05. The van der Waals surface area contributed by atoms with Crippen LogP contribution in [0.5, 0.6) is 5.88 Å². The first-order valence-corrected chi connectivity index (χ1v) is 7.25. The Morgan fingerprint density at radius 3 is 2.48 bits per heavy atom. The molecule has 112 valence electrons. The van der Waals surface area contributed by atoms with E-state index in [1.54, 1.807) is 24.3 Å². The second-order valence-electron chi connectivity index (χ2n) is 4.77. The fraction of sp³-hybridized carbons (Fsp3) is 0. The summed E-state index contributed by atoms with van der Waals surface area (Å²) in [5.74, 6) is -0.171. The number of hydrogen-bond acceptors (Lipinski definition) is 3. The third kappa shape index (κ3) is 3.12. The molecular formula is C18H11FN2OS. The van der Waals surface area contributed by atoms with Crippen LogP contribution >= 0.6 is 12.2 Å². The fourth-order valence-electron chi connectivity index (χ4n) is 2.15. The molecule has 1 aromatic heterocycles. The minimum Gasteiger partial charge on any atom is -0.427 e. The zero-order chi connectivity index (χ0) is 16.2. The Bertz CT molecular complexity index is 897. The second-order valence-corrected chi connectivity index (χ2v) is 5.14. The van der Waals surface area contributed by atoms with Gasteiger partial charge in [0, 0.05) is 11.1 Å². The van der Waals surface area contributed by atoms with Crippen molar-refractivity contribution >= 4 is 17.3 Å². The van der Waals surface area contributed by atoms with Gasteiger partial charge in [0.2, 0.25) is 5.88 Å². The quantitative estimate of drug-likeness (QED) is 0.725. The smallest absolute Gasteiger partial charge is 0.217 e. The molecule has 0 atom stereocenters. The molecule has 0 aliphatic heterocycles. The van der Waals surface area contributed by atoms with E-state index in [1.807, 2.05) is 36.4 Å². The lowest BCUT2D eigenvalue weighted by atomic mass is 10.1. The van der Waals surface area contributed by atoms with Gasteiger partial charge in [0.1, 0.15) is 17.4 Å². The van der Waals surface area contributed by atoms with Crippen LogP contribution in [0.2, 0.25) is 0 Å². The number of aromatic amines is 1. The van der Waals surface area contributed by atoms with Crippen LogP contribution < -0.4 is 4.74 Å². The summed E-state index contributed by atoms with van der Waals surface area (Å²) >= 11 is 5.24. The number of aromatic nitrogens is 1. The van der Waals surface area contributed by atoms with Gasteiger partial charge in [0.15, 0.2) is 5.05 Å². The predicted octanol–water partition coefficient (Wildman–Crippen LogP) is 4.45. The third-order valence-electron chi connectivity index (χ3n) is 3.27. The number of nitrogens with zero attached hydrogens (tertiary/aromatic N) is 1. The Balaban J connectivity index is 1.93. The normalized spacial score (nSPS) is 10.1. The molecule has 0 aliphatic rings. The van der Waals surface area contributed by atoms with Crippen molar-refractivity contribution in [3.05, 3.63) is 77.6 Å². The van der Waals surface area contributed by atoms with Crippen LogP contribution in [0.3, 0.4) is 0 Å². The Hall–Kier alpha value is -2.97. The van der Waals surface area contributed by atoms with Crippen LogP contribution in [-0.4, -0.2) is 10.0 Å². The molecule has 5 heteroatoms. The zero-order valence-corrected chi connectivity index (χ0v) is 12.7. The van der Waals surface area contributed by atoms with Crippen LogP contribution in [0.4, 0.5) is 4.39 Å². The first-order valence-electron chi connectivity index (χ1n) is 6.84. The van der Waals surface area contributed by atoms with Crippen LogP contribution in [-0.2, 0) is 0 Å². The summed E-state index contributed by atoms with van der Waals surface area (Å²) in [7, 11) is 0. The standard InChI is InChI=1S/C18H11FN2OS/c19-15-9-5-4-8-14(15)16-10-13(11-20)17(21-16)22-18(23)12-6-2-1-3-7-12/h1-10,21H. The molecule has 0 saturated heterocycles. The Morgan fingerprint density at radius 1 is 1.09 bits per heavy atom. The average Bonchev–Trinajstić information content (AvgIpc) is 2.98. The minimum absolute atomic E-state index is 0.208. The van der Waals surface area contributed by atoms with Gasteiger partial charge in [-0.3, -0.25) is 0 Å². The number of halogens is 1. The maximum absolute atomic E-state index is 13.9. The molecule has 0 radical (unpaired) electrons. The molecule has 1 heterocycles. The van der Waals surface area contributed by atoms with Gasteiger partial charge in [0.25, 0.3) is 0 Å². The van der Waals surface area contributed by atoms with E-state index < -0.39 is 0 Å². The van der Waals surface area contributed by atoms with Crippen molar-refractivity contribution in [1.29, 1.82) is 5.26 Å². The fourth-order valence-corrected chi connectivity index (χ4v) is 2.37. The highest BCUT2D eigenvalue weighted by Crippen LogP contribution is 2.28. The van der Waals surface area contributed by atoms with Crippen molar-refractivity contribution in [3.63, 3.8) is 0 Å². The number of thiocarbonyl (C=S) groups is 1. The molecule has 23 heavy (non-hydrogen) atoms. The molecule has 0 fully saturated rings. The topological polar surface area (TPSA) is 48.8 Å². The molecule has 3 nitrogen and oxygen atoms in total. The molecule has 0 bridgehead atoms. The highest BCUT2D eigenvalue weighted by Gasteiger charge is 2.15. The zero-order valence-electron chi connectivity index (χ0n) is 11.9. The Morgan fingerprint density at radius 2 is 1.78 bits per heavy atom. The predicted molar refractivity (Wildman–Crippen MR) is 89.7 cm³/mol. The average molecular weight is 322 g/mol. The molecular weight excluding hydrogens is 311 g/mol. The van der Waals surface area contributed by atoms with E-state index in [2.05, 4.69) is 4.98 Å². The van der Waals surface area contributed by atoms with Crippen molar-refractivity contribution in [2.24, 2.45) is 0 Å². The van der Waals surface area contributed by atoms with E-state index in [0.717, 1.165) is 5.56 Å². The van der Waals surface area contributed by atoms with Crippen LogP contribution in [0.1, 0.15) is 11.1 Å². The monoisotopic (exact) mass is 322 g/mol. The first kappa shape index (κ1) is 14.9. The van der Waals surface area contributed by atoms with Crippen LogP contribution in [0, 0.1) is 17.1 Å². The molecule has 0 aliphatic carbocycles. The highest BCUT2D eigenvalue weighted by molar-refractivity contribution is 7.80. The molecule has 0 unspecified atom stereocenters. The van der Waals surface area contributed by atoms with Crippen molar-refractivity contribution < 1.29 is 9.13 Å². The number of ether oxygens (including phenoxy) is 1. The molecule has 2 aromatic carbocycles. The van der Waals surface area contributed by atoms with E-state index in [9.17, 15) is 9.65 Å². The molecule has 0 amide bonds. The van der Waals surface area contributed by atoms with Crippen molar-refractivity contribution in [2.45, 2.75) is 0 Å². The van der Waals surface area contributed by atoms with Crippen LogP contribution in [0.15, 0.2) is 60.7 Å². The van der Waals surface area contributed by atoms with E-state index in [-0.39, 0.29) is 22.3 Å². The minimum atomic E-state index is -0.379. The maximum Gasteiger partial charge on any atom is 0.217 e. The first-order chi connectivity index (χ1) is 11.2. The van der Waals surface area contributed by atoms with E-state index in [4.69, 9.17) is 17.0 Å². The largest absolute Gasteiger partial charge is 0.427 e. The number of nitriles is 1. The number of H-pyrrole nitrogens is 1. The van der Waals surface area contributed by atoms with Crippen molar-refractivity contribution in [2.75, 3.05) is 0 Å². The lowest BCUT2D eigenvalue weighted by molar-refractivity contribution is 0.544. The third-order valence-corrected chi connectivity index (χ3v) is 3.59. The van der Waals surface area contributed by atoms with E-state index in [0.29, 0.717) is 11.3 Å². The molecule has 3 aromatic rings. The van der Waals surface area contributed by atoms with Gasteiger partial charge < -0.3 is 9.72 Å². The van der Waals surface area contributed by atoms with Crippen molar-refractivity contribution in [1.82, 2.24) is 4.98 Å². The summed E-state index contributed by atoms with van der Waals surface area (Å²) in [6.07, 6.45) is 0. The summed E-state index contributed by atoms with van der Waals surface area (Å²) in [5.41, 5.74) is 1.82. The maximum atomic E-state index is 13.9. The lowest BCUT2D eigenvalue weighted by Crippen LogP contribution is -2.07. The van der Waals surface area contributed by atoms with Crippen molar-refractivity contribution in [3.8, 4) is 23.2 Å². The highest BCUT2D eigenvalue weighted by atomic mass is 32.1. The molecule has 3 rings (SSSR count). The summed E-state index contributed by atoms with van der Waals surface area (Å²) < 4.78 is 19.5. The van der Waals surface area contributed by atoms with Gasteiger partial charge in [-0.1, -0.05) is 42.5 Å². The molecule has 0 saturated carbocycles. The summed E-state index contributed by atoms with van der Waals surface area (Å²) in [5, 5.41) is 9.48.